The van der Waals surface area contributed by atoms with Crippen LogP contribution in [0.15, 0.2) is 24.3 Å². The number of benzene rings is 1. The molecule has 0 spiro atoms. The molecular formula is C16H25NO. The van der Waals surface area contributed by atoms with Gasteiger partial charge in [-0.15, -0.1) is 0 Å². The Balaban J connectivity index is 2.32. The summed E-state index contributed by atoms with van der Waals surface area (Å²) in [6, 6.07) is 8.54. The van der Waals surface area contributed by atoms with Crippen LogP contribution >= 0.6 is 0 Å². The average molecular weight is 247 g/mol. The lowest BCUT2D eigenvalue weighted by Gasteiger charge is -2.46. The molecule has 1 aromatic carbocycles. The largest absolute Gasteiger partial charge is 0.392 e. The van der Waals surface area contributed by atoms with E-state index in [-0.39, 0.29) is 16.9 Å². The van der Waals surface area contributed by atoms with Crippen molar-refractivity contribution in [1.82, 2.24) is 0 Å². The highest BCUT2D eigenvalue weighted by molar-refractivity contribution is 5.31. The summed E-state index contributed by atoms with van der Waals surface area (Å²) in [6.07, 6.45) is 2.56. The summed E-state index contributed by atoms with van der Waals surface area (Å²) < 4.78 is 0. The molecule has 0 bridgehead atoms. The zero-order valence-electron chi connectivity index (χ0n) is 11.7. The Morgan fingerprint density at radius 2 is 1.89 bits per heavy atom. The maximum absolute atomic E-state index is 10.7. The molecule has 0 aliphatic heterocycles. The minimum Gasteiger partial charge on any atom is -0.392 e. The molecule has 1 aliphatic rings. The summed E-state index contributed by atoms with van der Waals surface area (Å²) in [6.45, 7) is 6.83. The first-order valence-electron chi connectivity index (χ1n) is 6.84. The predicted molar refractivity (Wildman–Crippen MR) is 75.4 cm³/mol. The zero-order chi connectivity index (χ0) is 13.4. The van der Waals surface area contributed by atoms with Crippen molar-refractivity contribution in [3.05, 3.63) is 35.4 Å². The first-order valence-corrected chi connectivity index (χ1v) is 6.84. The van der Waals surface area contributed by atoms with Crippen LogP contribution < -0.4 is 5.73 Å². The van der Waals surface area contributed by atoms with Gasteiger partial charge in [0.15, 0.2) is 0 Å². The fourth-order valence-electron chi connectivity index (χ4n) is 3.26. The summed E-state index contributed by atoms with van der Waals surface area (Å²) in [5.41, 5.74) is 8.53. The lowest BCUT2D eigenvalue weighted by molar-refractivity contribution is -0.0536. The van der Waals surface area contributed by atoms with Crippen LogP contribution in [0, 0.1) is 10.8 Å². The second-order valence-corrected chi connectivity index (χ2v) is 6.78. The van der Waals surface area contributed by atoms with E-state index in [9.17, 15) is 5.11 Å². The van der Waals surface area contributed by atoms with E-state index >= 15 is 0 Å². The van der Waals surface area contributed by atoms with Gasteiger partial charge in [0.1, 0.15) is 0 Å². The number of fused-ring (bicyclic) bond motifs is 1. The minimum absolute atomic E-state index is 0.119. The van der Waals surface area contributed by atoms with Crippen LogP contribution in [-0.4, -0.2) is 17.8 Å². The number of hydrogen-bond acceptors (Lipinski definition) is 2. The highest BCUT2D eigenvalue weighted by Crippen LogP contribution is 2.43. The molecule has 1 aliphatic carbocycles. The molecule has 0 heterocycles. The smallest absolute Gasteiger partial charge is 0.0660 e. The van der Waals surface area contributed by atoms with Crippen LogP contribution in [0.4, 0.5) is 0 Å². The third-order valence-corrected chi connectivity index (χ3v) is 4.36. The summed E-state index contributed by atoms with van der Waals surface area (Å²) in [4.78, 5) is 0. The van der Waals surface area contributed by atoms with Crippen LogP contribution in [0.3, 0.4) is 0 Å². The van der Waals surface area contributed by atoms with Gasteiger partial charge in [0.05, 0.1) is 6.10 Å². The maximum Gasteiger partial charge on any atom is 0.0660 e. The number of nitrogens with two attached hydrogens (primary N) is 1. The quantitative estimate of drug-likeness (QED) is 0.843. The molecule has 0 fully saturated rings. The third kappa shape index (κ3) is 2.32. The predicted octanol–water partition coefficient (Wildman–Crippen LogP) is 2.53. The van der Waals surface area contributed by atoms with Gasteiger partial charge in [-0.3, -0.25) is 0 Å². The molecule has 1 aromatic rings. The molecule has 2 atom stereocenters. The minimum atomic E-state index is -0.358. The molecule has 2 rings (SSSR count). The van der Waals surface area contributed by atoms with E-state index in [0.717, 1.165) is 19.3 Å². The van der Waals surface area contributed by atoms with E-state index in [0.29, 0.717) is 6.54 Å². The molecule has 0 radical (unpaired) electrons. The normalized spacial score (nSPS) is 25.6. The Kier molecular flexibility index (Phi) is 3.52. The number of hydrogen-bond donors (Lipinski definition) is 2. The topological polar surface area (TPSA) is 46.2 Å². The fraction of sp³-hybridized carbons (Fsp3) is 0.625. The van der Waals surface area contributed by atoms with Crippen molar-refractivity contribution in [2.45, 2.75) is 46.1 Å². The Morgan fingerprint density at radius 1 is 1.28 bits per heavy atom. The van der Waals surface area contributed by atoms with Gasteiger partial charge in [-0.05, 0) is 35.8 Å². The molecule has 0 aromatic heterocycles. The Morgan fingerprint density at radius 3 is 2.44 bits per heavy atom. The lowest BCUT2D eigenvalue weighted by Crippen LogP contribution is -2.51. The number of rotatable bonds is 2. The van der Waals surface area contributed by atoms with Crippen LogP contribution in [0.2, 0.25) is 0 Å². The van der Waals surface area contributed by atoms with E-state index in [2.05, 4.69) is 45.0 Å². The van der Waals surface area contributed by atoms with E-state index in [1.165, 1.54) is 11.1 Å². The van der Waals surface area contributed by atoms with Crippen LogP contribution in [0.1, 0.15) is 38.3 Å². The molecule has 2 nitrogen and oxygen atoms in total. The Bertz CT molecular complexity index is 421. The molecule has 2 heteroatoms. The third-order valence-electron chi connectivity index (χ3n) is 4.36. The van der Waals surface area contributed by atoms with Crippen molar-refractivity contribution >= 4 is 0 Å². The van der Waals surface area contributed by atoms with Crippen molar-refractivity contribution in [2.24, 2.45) is 16.6 Å². The van der Waals surface area contributed by atoms with E-state index in [1.807, 2.05) is 0 Å². The van der Waals surface area contributed by atoms with Crippen molar-refractivity contribution in [1.29, 1.82) is 0 Å². The summed E-state index contributed by atoms with van der Waals surface area (Å²) >= 11 is 0. The van der Waals surface area contributed by atoms with E-state index in [4.69, 9.17) is 5.73 Å². The number of aliphatic hydroxyl groups is 1. The summed E-state index contributed by atoms with van der Waals surface area (Å²) in [5, 5.41) is 10.7. The Hall–Kier alpha value is -0.860. The van der Waals surface area contributed by atoms with Gasteiger partial charge in [0, 0.05) is 12.0 Å². The summed E-state index contributed by atoms with van der Waals surface area (Å²) in [5.74, 6) is 0. The van der Waals surface area contributed by atoms with Gasteiger partial charge in [0.25, 0.3) is 0 Å². The van der Waals surface area contributed by atoms with E-state index in [1.54, 1.807) is 0 Å². The van der Waals surface area contributed by atoms with Crippen LogP contribution in [-0.2, 0) is 12.8 Å². The highest BCUT2D eigenvalue weighted by atomic mass is 16.3. The second-order valence-electron chi connectivity index (χ2n) is 6.78. The molecule has 18 heavy (non-hydrogen) atoms. The first kappa shape index (κ1) is 13.6. The number of aryl methyl sites for hydroxylation is 1. The van der Waals surface area contributed by atoms with E-state index < -0.39 is 0 Å². The van der Waals surface area contributed by atoms with Crippen molar-refractivity contribution in [3.8, 4) is 0 Å². The van der Waals surface area contributed by atoms with Gasteiger partial charge in [-0.1, -0.05) is 45.0 Å². The van der Waals surface area contributed by atoms with Gasteiger partial charge in [-0.25, -0.2) is 0 Å². The fourth-order valence-corrected chi connectivity index (χ4v) is 3.26. The highest BCUT2D eigenvalue weighted by Gasteiger charge is 2.44. The van der Waals surface area contributed by atoms with Gasteiger partial charge in [-0.2, -0.15) is 0 Å². The van der Waals surface area contributed by atoms with Crippen molar-refractivity contribution in [2.75, 3.05) is 6.54 Å². The zero-order valence-corrected chi connectivity index (χ0v) is 11.7. The molecular weight excluding hydrogens is 222 g/mol. The second kappa shape index (κ2) is 4.67. The number of aliphatic hydroxyl groups excluding tert-OH is 1. The molecule has 3 N–H and O–H groups in total. The first-order chi connectivity index (χ1) is 8.39. The van der Waals surface area contributed by atoms with Crippen LogP contribution in [0.25, 0.3) is 0 Å². The monoisotopic (exact) mass is 247 g/mol. The standard InChI is InChI=1S/C16H25NO/c1-15(2,3)14(18)16(11-17)9-8-12-6-4-5-7-13(12)10-16/h4-7,14,18H,8-11,17H2,1-3H3. The van der Waals surface area contributed by atoms with Crippen LogP contribution in [0.5, 0.6) is 0 Å². The summed E-state index contributed by atoms with van der Waals surface area (Å²) in [7, 11) is 0. The molecule has 100 valence electrons. The maximum atomic E-state index is 10.7. The molecule has 0 saturated carbocycles. The van der Waals surface area contributed by atoms with Crippen molar-refractivity contribution < 1.29 is 5.11 Å². The molecule has 0 amide bonds. The average Bonchev–Trinajstić information content (AvgIpc) is 2.36. The SMILES string of the molecule is CC(C)(C)C(O)C1(CN)CCc2ccccc2C1. The Labute approximate surface area is 110 Å². The molecule has 0 saturated heterocycles. The van der Waals surface area contributed by atoms with Crippen molar-refractivity contribution in [3.63, 3.8) is 0 Å². The van der Waals surface area contributed by atoms with Gasteiger partial charge < -0.3 is 10.8 Å². The lowest BCUT2D eigenvalue weighted by atomic mass is 9.62. The van der Waals surface area contributed by atoms with Gasteiger partial charge in [0.2, 0.25) is 0 Å². The molecule has 2 unspecified atom stereocenters. The van der Waals surface area contributed by atoms with Gasteiger partial charge >= 0.3 is 0 Å².